The Hall–Kier alpha value is -3.33. The highest BCUT2D eigenvalue weighted by molar-refractivity contribution is 5.72. The van der Waals surface area contributed by atoms with Gasteiger partial charge >= 0.3 is 0 Å². The summed E-state index contributed by atoms with van der Waals surface area (Å²) >= 11 is 0. The Morgan fingerprint density at radius 2 is 1.80 bits per heavy atom. The number of anilines is 1. The Balaban J connectivity index is 1.34. The van der Waals surface area contributed by atoms with Crippen molar-refractivity contribution in [3.8, 4) is 34.1 Å². The Morgan fingerprint density at radius 1 is 1.06 bits per heavy atom. The molecule has 3 aromatic rings. The number of hydrogen-bond acceptors (Lipinski definition) is 8. The van der Waals surface area contributed by atoms with Crippen molar-refractivity contribution >= 4 is 5.82 Å². The van der Waals surface area contributed by atoms with Crippen LogP contribution in [-0.4, -0.2) is 56.5 Å². The van der Waals surface area contributed by atoms with E-state index in [4.69, 9.17) is 4.74 Å². The number of rotatable bonds is 5. The van der Waals surface area contributed by atoms with Crippen molar-refractivity contribution < 1.29 is 14.2 Å². The number of ether oxygens (including phenoxy) is 1. The van der Waals surface area contributed by atoms with E-state index in [1.807, 2.05) is 0 Å². The van der Waals surface area contributed by atoms with Gasteiger partial charge in [0, 0.05) is 35.9 Å². The van der Waals surface area contributed by atoms with Crippen molar-refractivity contribution in [3.05, 3.63) is 42.5 Å². The molecule has 2 saturated heterocycles. The first-order valence-corrected chi connectivity index (χ1v) is 11.9. The molecule has 2 aliphatic heterocycles. The molecule has 0 amide bonds. The molecule has 2 bridgehead atoms. The molecule has 2 aromatic heterocycles. The van der Waals surface area contributed by atoms with Gasteiger partial charge in [-0.25, -0.2) is 14.4 Å². The third-order valence-electron chi connectivity index (χ3n) is 7.46. The number of phenols is 1. The van der Waals surface area contributed by atoms with Gasteiger partial charge in [0.15, 0.2) is 17.5 Å². The third kappa shape index (κ3) is 4.52. The van der Waals surface area contributed by atoms with Gasteiger partial charge in [-0.3, -0.25) is 0 Å². The number of phenolic OH excluding ortho intramolecular Hbond substituents is 1. The lowest BCUT2D eigenvalue weighted by atomic mass is 9.69. The highest BCUT2D eigenvalue weighted by Gasteiger charge is 2.46. The summed E-state index contributed by atoms with van der Waals surface area (Å²) in [5.74, 6) is 0.373. The van der Waals surface area contributed by atoms with Crippen molar-refractivity contribution in [2.45, 2.75) is 63.1 Å². The summed E-state index contributed by atoms with van der Waals surface area (Å²) in [6, 6.07) is 6.66. The van der Waals surface area contributed by atoms with Crippen molar-refractivity contribution in [3.63, 3.8) is 0 Å². The molecule has 8 nitrogen and oxygen atoms in total. The zero-order chi connectivity index (χ0) is 24.8. The average Bonchev–Trinajstić information content (AvgIpc) is 2.82. The van der Waals surface area contributed by atoms with E-state index in [9.17, 15) is 9.50 Å². The molecule has 0 saturated carbocycles. The van der Waals surface area contributed by atoms with Crippen molar-refractivity contribution in [1.82, 2.24) is 25.5 Å². The first-order chi connectivity index (χ1) is 16.7. The van der Waals surface area contributed by atoms with Crippen LogP contribution in [0, 0.1) is 5.82 Å². The van der Waals surface area contributed by atoms with Crippen LogP contribution in [0.3, 0.4) is 0 Å². The maximum absolute atomic E-state index is 14.0. The Bertz CT molecular complexity index is 1220. The minimum Gasteiger partial charge on any atom is -0.507 e. The van der Waals surface area contributed by atoms with Crippen LogP contribution in [0.5, 0.6) is 11.6 Å². The summed E-state index contributed by atoms with van der Waals surface area (Å²) in [4.78, 5) is 10.6. The molecule has 184 valence electrons. The summed E-state index contributed by atoms with van der Waals surface area (Å²) in [6.07, 6.45) is 8.93. The smallest absolute Gasteiger partial charge is 0.250 e. The van der Waals surface area contributed by atoms with Gasteiger partial charge in [-0.2, -0.15) is 0 Å². The fraction of sp³-hybridized carbons (Fsp3) is 0.462. The zero-order valence-electron chi connectivity index (χ0n) is 20.5. The lowest BCUT2D eigenvalue weighted by Crippen LogP contribution is -2.66. The minimum absolute atomic E-state index is 0.0198. The molecule has 0 radical (unpaired) electrons. The Labute approximate surface area is 204 Å². The number of benzene rings is 1. The first-order valence-electron chi connectivity index (χ1n) is 11.9. The molecule has 1 aromatic carbocycles. The van der Waals surface area contributed by atoms with Crippen LogP contribution < -0.4 is 15.0 Å². The molecule has 2 aliphatic rings. The second-order valence-electron chi connectivity index (χ2n) is 10.4. The SMILES string of the molecule is COc1ncc(-c2ccc(-c3ncc(N(C)[C@H]4C[C@]5(C)CCC[C@](C)(C4)N5)nn3)c(O)c2)cc1F. The summed E-state index contributed by atoms with van der Waals surface area (Å²) < 4.78 is 18.9. The van der Waals surface area contributed by atoms with Gasteiger partial charge in [-0.1, -0.05) is 6.07 Å². The van der Waals surface area contributed by atoms with Gasteiger partial charge in [0.2, 0.25) is 5.88 Å². The fourth-order valence-corrected chi connectivity index (χ4v) is 5.79. The molecule has 2 fully saturated rings. The normalized spacial score (nSPS) is 25.8. The summed E-state index contributed by atoms with van der Waals surface area (Å²) in [5.41, 5.74) is 1.87. The lowest BCUT2D eigenvalue weighted by Gasteiger charge is -2.55. The van der Waals surface area contributed by atoms with Crippen LogP contribution in [0.4, 0.5) is 10.2 Å². The number of methoxy groups -OCH3 is 1. The predicted molar refractivity (Wildman–Crippen MR) is 132 cm³/mol. The summed E-state index contributed by atoms with van der Waals surface area (Å²) in [5, 5.41) is 23.2. The number of aromatic nitrogens is 4. The third-order valence-corrected chi connectivity index (χ3v) is 7.46. The molecule has 0 aliphatic carbocycles. The zero-order valence-corrected chi connectivity index (χ0v) is 20.5. The van der Waals surface area contributed by atoms with E-state index in [0.717, 1.165) is 12.8 Å². The minimum atomic E-state index is -0.568. The maximum atomic E-state index is 14.0. The van der Waals surface area contributed by atoms with E-state index in [1.54, 1.807) is 18.3 Å². The van der Waals surface area contributed by atoms with Crippen LogP contribution in [0.25, 0.3) is 22.5 Å². The van der Waals surface area contributed by atoms with E-state index in [2.05, 4.69) is 51.3 Å². The fourth-order valence-electron chi connectivity index (χ4n) is 5.79. The molecule has 0 unspecified atom stereocenters. The lowest BCUT2D eigenvalue weighted by molar-refractivity contribution is 0.0784. The molecule has 5 rings (SSSR count). The molecule has 0 spiro atoms. The van der Waals surface area contributed by atoms with Gasteiger partial charge in [-0.15, -0.1) is 10.2 Å². The number of halogens is 1. The van der Waals surface area contributed by atoms with Crippen molar-refractivity contribution in [2.24, 2.45) is 0 Å². The van der Waals surface area contributed by atoms with Gasteiger partial charge < -0.3 is 20.1 Å². The van der Waals surface area contributed by atoms with Crippen LogP contribution in [0.1, 0.15) is 46.0 Å². The number of aromatic hydroxyl groups is 1. The van der Waals surface area contributed by atoms with Gasteiger partial charge in [-0.05, 0) is 69.7 Å². The van der Waals surface area contributed by atoms with Crippen LogP contribution in [0.2, 0.25) is 0 Å². The highest BCUT2D eigenvalue weighted by atomic mass is 19.1. The molecule has 4 heterocycles. The van der Waals surface area contributed by atoms with Crippen LogP contribution in [-0.2, 0) is 0 Å². The maximum Gasteiger partial charge on any atom is 0.250 e. The van der Waals surface area contributed by atoms with E-state index >= 15 is 0 Å². The van der Waals surface area contributed by atoms with Gasteiger partial charge in [0.05, 0.1) is 18.9 Å². The highest BCUT2D eigenvalue weighted by Crippen LogP contribution is 2.42. The Kier molecular flexibility index (Phi) is 5.83. The van der Waals surface area contributed by atoms with E-state index in [1.165, 1.54) is 44.7 Å². The predicted octanol–water partition coefficient (Wildman–Crippen LogP) is 4.34. The first kappa shape index (κ1) is 23.4. The topological polar surface area (TPSA) is 96.3 Å². The average molecular weight is 479 g/mol. The second-order valence-corrected chi connectivity index (χ2v) is 10.4. The van der Waals surface area contributed by atoms with E-state index < -0.39 is 5.82 Å². The molecular weight excluding hydrogens is 447 g/mol. The number of hydrogen-bond donors (Lipinski definition) is 2. The van der Waals surface area contributed by atoms with Crippen LogP contribution in [0.15, 0.2) is 36.7 Å². The van der Waals surface area contributed by atoms with Gasteiger partial charge in [0.25, 0.3) is 0 Å². The van der Waals surface area contributed by atoms with Gasteiger partial charge in [0.1, 0.15) is 5.75 Å². The number of fused-ring (bicyclic) bond motifs is 2. The summed E-state index contributed by atoms with van der Waals surface area (Å²) in [7, 11) is 3.42. The Morgan fingerprint density at radius 3 is 2.40 bits per heavy atom. The van der Waals surface area contributed by atoms with Crippen LogP contribution >= 0.6 is 0 Å². The van der Waals surface area contributed by atoms with E-state index in [0.29, 0.717) is 34.4 Å². The molecular formula is C26H31FN6O2. The molecule has 3 atom stereocenters. The summed E-state index contributed by atoms with van der Waals surface area (Å²) in [6.45, 7) is 4.64. The molecule has 35 heavy (non-hydrogen) atoms. The number of piperidine rings is 2. The monoisotopic (exact) mass is 478 g/mol. The number of nitrogens with zero attached hydrogens (tertiary/aromatic N) is 5. The number of pyridine rings is 1. The molecule has 2 N–H and O–H groups in total. The standard InChI is InChI=1S/C26H31FN6O2/c1-25-8-5-9-26(2,32-25)13-18(12-25)33(3)22-15-28-23(31-30-22)19-7-6-16(11-21(19)34)17-10-20(27)24(35-4)29-14-17/h6-7,10-11,14-15,18,32,34H,5,8-9,12-13H2,1-4H3/t18-,25-,26+. The van der Waals surface area contributed by atoms with Crippen molar-refractivity contribution in [1.29, 1.82) is 0 Å². The second kappa shape index (κ2) is 8.71. The number of nitrogens with one attached hydrogen (secondary N) is 1. The largest absolute Gasteiger partial charge is 0.507 e. The quantitative estimate of drug-likeness (QED) is 0.559. The molecule has 9 heteroatoms. The van der Waals surface area contributed by atoms with E-state index in [-0.39, 0.29) is 22.7 Å². The van der Waals surface area contributed by atoms with Crippen molar-refractivity contribution in [2.75, 3.05) is 19.1 Å².